The molecule has 2 aromatic heterocycles. The highest BCUT2D eigenvalue weighted by Crippen LogP contribution is 2.46. The summed E-state index contributed by atoms with van der Waals surface area (Å²) in [5.74, 6) is 0. The Balaban J connectivity index is 1.03. The van der Waals surface area contributed by atoms with Crippen LogP contribution in [0.25, 0.3) is 97.4 Å². The summed E-state index contributed by atoms with van der Waals surface area (Å²) in [6.07, 6.45) is 0. The molecule has 0 spiro atoms. The highest BCUT2D eigenvalue weighted by molar-refractivity contribution is 7.26. The van der Waals surface area contributed by atoms with Crippen LogP contribution in [0.2, 0.25) is 0 Å². The van der Waals surface area contributed by atoms with E-state index in [4.69, 9.17) is 4.42 Å². The summed E-state index contributed by atoms with van der Waals surface area (Å²) in [4.78, 5) is 2.41. The van der Waals surface area contributed by atoms with Crippen molar-refractivity contribution in [2.75, 3.05) is 4.90 Å². The predicted molar refractivity (Wildman–Crippen MR) is 261 cm³/mol. The molecule has 10 aromatic carbocycles. The molecule has 0 N–H and O–H groups in total. The summed E-state index contributed by atoms with van der Waals surface area (Å²) in [6.45, 7) is 0. The van der Waals surface area contributed by atoms with Crippen molar-refractivity contribution < 1.29 is 4.42 Å². The molecule has 0 aliphatic rings. The lowest BCUT2D eigenvalue weighted by atomic mass is 9.96. The van der Waals surface area contributed by atoms with Crippen LogP contribution in [0.4, 0.5) is 17.1 Å². The lowest BCUT2D eigenvalue weighted by Gasteiger charge is -2.29. The highest BCUT2D eigenvalue weighted by atomic mass is 32.1. The number of thiophene rings is 1. The smallest absolute Gasteiger partial charge is 0.143 e. The summed E-state index contributed by atoms with van der Waals surface area (Å²) >= 11 is 1.87. The van der Waals surface area contributed by atoms with Crippen molar-refractivity contribution in [3.05, 3.63) is 224 Å². The van der Waals surface area contributed by atoms with Crippen molar-refractivity contribution in [1.82, 2.24) is 0 Å². The average molecular weight is 796 g/mol. The van der Waals surface area contributed by atoms with E-state index in [1.165, 1.54) is 53.2 Å². The number of furan rings is 1. The molecule has 0 radical (unpaired) electrons. The van der Waals surface area contributed by atoms with Gasteiger partial charge in [-0.1, -0.05) is 170 Å². The van der Waals surface area contributed by atoms with Crippen LogP contribution in [0.1, 0.15) is 0 Å². The topological polar surface area (TPSA) is 16.4 Å². The fraction of sp³-hybridized carbons (Fsp3) is 0. The Morgan fingerprint density at radius 1 is 0.344 bits per heavy atom. The summed E-state index contributed by atoms with van der Waals surface area (Å²) in [7, 11) is 0. The first-order valence-electron chi connectivity index (χ1n) is 20.7. The van der Waals surface area contributed by atoms with Crippen molar-refractivity contribution in [2.24, 2.45) is 0 Å². The maximum Gasteiger partial charge on any atom is 0.143 e. The molecule has 0 fully saturated rings. The molecular weight excluding hydrogens is 759 g/mol. The Morgan fingerprint density at radius 3 is 1.75 bits per heavy atom. The quantitative estimate of drug-likeness (QED) is 0.160. The Morgan fingerprint density at radius 2 is 0.918 bits per heavy atom. The molecule has 0 amide bonds. The monoisotopic (exact) mass is 795 g/mol. The number of benzene rings is 10. The van der Waals surface area contributed by atoms with Crippen molar-refractivity contribution in [3.8, 4) is 44.5 Å². The second-order valence-corrected chi connectivity index (χ2v) is 16.7. The Labute approximate surface area is 357 Å². The van der Waals surface area contributed by atoms with Crippen LogP contribution in [0.15, 0.2) is 229 Å². The molecule has 12 aromatic rings. The fourth-order valence-electron chi connectivity index (χ4n) is 9.14. The molecule has 0 unspecified atom stereocenters. The molecule has 0 saturated carbocycles. The molecule has 12 rings (SSSR count). The molecule has 2 nitrogen and oxygen atoms in total. The summed E-state index contributed by atoms with van der Waals surface area (Å²) < 4.78 is 9.28. The van der Waals surface area contributed by atoms with Gasteiger partial charge in [0.25, 0.3) is 0 Å². The molecule has 0 bridgehead atoms. The maximum atomic E-state index is 6.65. The zero-order chi connectivity index (χ0) is 40.3. The van der Waals surface area contributed by atoms with Gasteiger partial charge in [0.15, 0.2) is 0 Å². The standard InChI is InChI=1S/C58H37NOS/c1-2-15-39-34-43(33-32-38(39)14-1)42-18-11-21-46(37-42)59(54-29-6-3-22-48(54)51-26-13-27-52-49-23-4-7-30-55(49)60-57(51)52)45-20-10-17-41(36-45)40-16-9-19-44(35-40)47-25-12-28-53-50-24-5-8-31-56(50)61-58(47)53/h1-37H. The van der Waals surface area contributed by atoms with Crippen LogP contribution in [-0.2, 0) is 0 Å². The third-order valence-electron chi connectivity index (χ3n) is 12.0. The number of anilines is 3. The number of rotatable bonds is 7. The van der Waals surface area contributed by atoms with E-state index >= 15 is 0 Å². The lowest BCUT2D eigenvalue weighted by molar-refractivity contribution is 0.670. The van der Waals surface area contributed by atoms with E-state index in [2.05, 4.69) is 223 Å². The molecule has 0 atom stereocenters. The van der Waals surface area contributed by atoms with Crippen molar-refractivity contribution in [3.63, 3.8) is 0 Å². The minimum Gasteiger partial charge on any atom is -0.455 e. The van der Waals surface area contributed by atoms with E-state index < -0.39 is 0 Å². The fourth-order valence-corrected chi connectivity index (χ4v) is 10.4. The molecule has 0 saturated heterocycles. The molecule has 0 aliphatic carbocycles. The molecule has 61 heavy (non-hydrogen) atoms. The second-order valence-electron chi connectivity index (χ2n) is 15.7. The van der Waals surface area contributed by atoms with Gasteiger partial charge in [-0.15, -0.1) is 11.3 Å². The normalized spacial score (nSPS) is 11.6. The van der Waals surface area contributed by atoms with Crippen molar-refractivity contribution >= 4 is 81.3 Å². The highest BCUT2D eigenvalue weighted by Gasteiger charge is 2.21. The Hall–Kier alpha value is -7.72. The number of fused-ring (bicyclic) bond motifs is 7. The van der Waals surface area contributed by atoms with E-state index in [1.54, 1.807) is 0 Å². The number of hydrogen-bond donors (Lipinski definition) is 0. The van der Waals surface area contributed by atoms with Crippen molar-refractivity contribution in [1.29, 1.82) is 0 Å². The van der Waals surface area contributed by atoms with Crippen LogP contribution in [0.3, 0.4) is 0 Å². The van der Waals surface area contributed by atoms with Gasteiger partial charge < -0.3 is 9.32 Å². The summed E-state index contributed by atoms with van der Waals surface area (Å²) in [5, 5.41) is 7.32. The van der Waals surface area contributed by atoms with E-state index in [0.717, 1.165) is 61.3 Å². The Kier molecular flexibility index (Phi) is 8.39. The van der Waals surface area contributed by atoms with Gasteiger partial charge in [-0.05, 0) is 98.8 Å². The molecule has 3 heteroatoms. The zero-order valence-corrected chi connectivity index (χ0v) is 33.9. The third-order valence-corrected chi connectivity index (χ3v) is 13.3. The molecule has 0 aliphatic heterocycles. The first-order chi connectivity index (χ1) is 30.2. The largest absolute Gasteiger partial charge is 0.455 e. The minimum absolute atomic E-state index is 0.889. The van der Waals surface area contributed by atoms with Crippen LogP contribution in [-0.4, -0.2) is 0 Å². The molecule has 286 valence electrons. The lowest BCUT2D eigenvalue weighted by Crippen LogP contribution is -2.11. The minimum atomic E-state index is 0.889. The summed E-state index contributed by atoms with van der Waals surface area (Å²) in [6, 6.07) is 81.2. The van der Waals surface area contributed by atoms with Crippen molar-refractivity contribution in [2.45, 2.75) is 0 Å². The van der Waals surface area contributed by atoms with Gasteiger partial charge in [-0.25, -0.2) is 0 Å². The van der Waals surface area contributed by atoms with Gasteiger partial charge in [0.05, 0.1) is 5.69 Å². The van der Waals surface area contributed by atoms with E-state index in [1.807, 2.05) is 17.4 Å². The van der Waals surface area contributed by atoms with E-state index in [9.17, 15) is 0 Å². The van der Waals surface area contributed by atoms with Crippen LogP contribution >= 0.6 is 11.3 Å². The zero-order valence-electron chi connectivity index (χ0n) is 33.1. The SMILES string of the molecule is c1cc(-c2cccc(N(c3cccc(-c4ccc5ccccc5c4)c3)c3ccccc3-c3cccc4c3oc3ccccc34)c2)cc(-c2cccc3c2sc2ccccc23)c1. The van der Waals surface area contributed by atoms with E-state index in [0.29, 0.717) is 0 Å². The predicted octanol–water partition coefficient (Wildman–Crippen LogP) is 17.2. The van der Waals surface area contributed by atoms with Gasteiger partial charge in [-0.3, -0.25) is 0 Å². The van der Waals surface area contributed by atoms with Gasteiger partial charge in [0.2, 0.25) is 0 Å². The average Bonchev–Trinajstić information content (AvgIpc) is 3.91. The van der Waals surface area contributed by atoms with Gasteiger partial charge >= 0.3 is 0 Å². The first kappa shape index (κ1) is 35.2. The molecular formula is C58H37NOS. The second kappa shape index (κ2) is 14.5. The van der Waals surface area contributed by atoms with Crippen LogP contribution in [0, 0.1) is 0 Å². The van der Waals surface area contributed by atoms with Gasteiger partial charge in [0.1, 0.15) is 11.2 Å². The van der Waals surface area contributed by atoms with Gasteiger partial charge in [-0.2, -0.15) is 0 Å². The van der Waals surface area contributed by atoms with Crippen LogP contribution in [0.5, 0.6) is 0 Å². The summed E-state index contributed by atoms with van der Waals surface area (Å²) in [5.41, 5.74) is 14.2. The number of para-hydroxylation sites is 3. The Bertz CT molecular complexity index is 3630. The number of hydrogen-bond acceptors (Lipinski definition) is 3. The first-order valence-corrected chi connectivity index (χ1v) is 21.6. The van der Waals surface area contributed by atoms with Gasteiger partial charge in [0, 0.05) is 53.4 Å². The van der Waals surface area contributed by atoms with Crippen LogP contribution < -0.4 is 4.90 Å². The van der Waals surface area contributed by atoms with E-state index in [-0.39, 0.29) is 0 Å². The number of nitrogens with zero attached hydrogens (tertiary/aromatic N) is 1. The molecule has 2 heterocycles. The third kappa shape index (κ3) is 6.09. The maximum absolute atomic E-state index is 6.65.